The van der Waals surface area contributed by atoms with E-state index in [0.717, 1.165) is 13.1 Å². The first-order valence-corrected chi connectivity index (χ1v) is 6.94. The molecule has 1 saturated carbocycles. The summed E-state index contributed by atoms with van der Waals surface area (Å²) in [4.78, 5) is 0. The third kappa shape index (κ3) is 2.28. The number of nitrogens with one attached hydrogen (secondary N) is 1. The fourth-order valence-corrected chi connectivity index (χ4v) is 2.90. The Morgan fingerprint density at radius 2 is 1.83 bits per heavy atom. The summed E-state index contributed by atoms with van der Waals surface area (Å²) in [5.74, 6) is 0. The van der Waals surface area contributed by atoms with Gasteiger partial charge in [0, 0.05) is 13.1 Å². The lowest BCUT2D eigenvalue weighted by Gasteiger charge is -2.38. The highest BCUT2D eigenvalue weighted by atomic mass is 14.9. The lowest BCUT2D eigenvalue weighted by atomic mass is 9.70. The van der Waals surface area contributed by atoms with Gasteiger partial charge in [-0.2, -0.15) is 0 Å². The minimum Gasteiger partial charge on any atom is -0.312 e. The number of fused-ring (bicyclic) bond motifs is 1. The fraction of sp³-hybridized carbons (Fsp3) is 0.412. The van der Waals surface area contributed by atoms with Crippen LogP contribution in [-0.2, 0) is 6.54 Å². The Hall–Kier alpha value is -1.34. The maximum atomic E-state index is 3.64. The van der Waals surface area contributed by atoms with Gasteiger partial charge in [0.05, 0.1) is 0 Å². The Morgan fingerprint density at radius 3 is 2.61 bits per heavy atom. The van der Waals surface area contributed by atoms with Crippen molar-refractivity contribution in [2.24, 2.45) is 5.41 Å². The zero-order valence-corrected chi connectivity index (χ0v) is 11.1. The van der Waals surface area contributed by atoms with E-state index in [1.807, 2.05) is 0 Å². The lowest BCUT2D eigenvalue weighted by Crippen LogP contribution is -2.36. The molecular weight excluding hydrogens is 218 g/mol. The highest BCUT2D eigenvalue weighted by Crippen LogP contribution is 2.39. The van der Waals surface area contributed by atoms with Crippen LogP contribution in [0.2, 0.25) is 0 Å². The van der Waals surface area contributed by atoms with Gasteiger partial charge in [-0.05, 0) is 34.6 Å². The first-order valence-electron chi connectivity index (χ1n) is 6.94. The Balaban J connectivity index is 1.70. The van der Waals surface area contributed by atoms with Crippen molar-refractivity contribution in [1.82, 2.24) is 5.32 Å². The van der Waals surface area contributed by atoms with E-state index >= 15 is 0 Å². The van der Waals surface area contributed by atoms with E-state index in [-0.39, 0.29) is 0 Å². The van der Waals surface area contributed by atoms with E-state index in [4.69, 9.17) is 0 Å². The van der Waals surface area contributed by atoms with Gasteiger partial charge in [-0.25, -0.2) is 0 Å². The van der Waals surface area contributed by atoms with Crippen LogP contribution in [0.15, 0.2) is 42.5 Å². The second-order valence-corrected chi connectivity index (χ2v) is 5.91. The lowest BCUT2D eigenvalue weighted by molar-refractivity contribution is 0.156. The minimum absolute atomic E-state index is 0.560. The van der Waals surface area contributed by atoms with E-state index in [2.05, 4.69) is 54.7 Å². The van der Waals surface area contributed by atoms with Gasteiger partial charge in [-0.15, -0.1) is 0 Å². The molecule has 0 spiro atoms. The molecule has 3 rings (SSSR count). The van der Waals surface area contributed by atoms with Crippen LogP contribution in [-0.4, -0.2) is 6.54 Å². The number of hydrogen-bond acceptors (Lipinski definition) is 1. The van der Waals surface area contributed by atoms with E-state index in [0.29, 0.717) is 5.41 Å². The molecule has 0 unspecified atom stereocenters. The predicted octanol–water partition coefficient (Wildman–Crippen LogP) is 4.12. The van der Waals surface area contributed by atoms with Crippen LogP contribution in [0.4, 0.5) is 0 Å². The second-order valence-electron chi connectivity index (χ2n) is 5.91. The Bertz CT molecular complexity index is 535. The third-order valence-corrected chi connectivity index (χ3v) is 4.31. The van der Waals surface area contributed by atoms with Crippen molar-refractivity contribution in [3.63, 3.8) is 0 Å². The SMILES string of the molecule is CC1(CNCc2cccc3ccccc23)CCC1. The molecule has 0 heterocycles. The van der Waals surface area contributed by atoms with Crippen LogP contribution in [0.1, 0.15) is 31.7 Å². The molecule has 0 bridgehead atoms. The summed E-state index contributed by atoms with van der Waals surface area (Å²) in [6.07, 6.45) is 4.18. The summed E-state index contributed by atoms with van der Waals surface area (Å²) in [6.45, 7) is 4.53. The van der Waals surface area contributed by atoms with Gasteiger partial charge in [-0.3, -0.25) is 0 Å². The van der Waals surface area contributed by atoms with Gasteiger partial charge in [0.25, 0.3) is 0 Å². The molecule has 1 aliphatic rings. The summed E-state index contributed by atoms with van der Waals surface area (Å²) >= 11 is 0. The first-order chi connectivity index (χ1) is 8.77. The van der Waals surface area contributed by atoms with Crippen LogP contribution in [0.25, 0.3) is 10.8 Å². The molecule has 0 saturated heterocycles. The van der Waals surface area contributed by atoms with E-state index in [1.165, 1.54) is 35.6 Å². The van der Waals surface area contributed by atoms with E-state index < -0.39 is 0 Å². The van der Waals surface area contributed by atoms with Gasteiger partial charge >= 0.3 is 0 Å². The van der Waals surface area contributed by atoms with Crippen molar-refractivity contribution >= 4 is 10.8 Å². The topological polar surface area (TPSA) is 12.0 Å². The summed E-state index contributed by atoms with van der Waals surface area (Å²) in [6, 6.07) is 15.2. The summed E-state index contributed by atoms with van der Waals surface area (Å²) < 4.78 is 0. The molecule has 0 aromatic heterocycles. The molecule has 1 N–H and O–H groups in total. The molecule has 2 aromatic rings. The third-order valence-electron chi connectivity index (χ3n) is 4.31. The average Bonchev–Trinajstić information content (AvgIpc) is 2.37. The summed E-state index contributed by atoms with van der Waals surface area (Å²) in [7, 11) is 0. The summed E-state index contributed by atoms with van der Waals surface area (Å²) in [5, 5.41) is 6.36. The first kappa shape index (κ1) is 11.7. The molecule has 0 aliphatic heterocycles. The van der Waals surface area contributed by atoms with Crippen LogP contribution in [0.5, 0.6) is 0 Å². The quantitative estimate of drug-likeness (QED) is 0.846. The zero-order chi connectivity index (χ0) is 12.4. The molecule has 1 fully saturated rings. The molecule has 18 heavy (non-hydrogen) atoms. The van der Waals surface area contributed by atoms with Crippen molar-refractivity contribution in [1.29, 1.82) is 0 Å². The van der Waals surface area contributed by atoms with Gasteiger partial charge in [0.1, 0.15) is 0 Å². The normalized spacial score (nSPS) is 17.6. The Labute approximate surface area is 109 Å². The molecule has 1 nitrogen and oxygen atoms in total. The maximum Gasteiger partial charge on any atom is 0.0211 e. The van der Waals surface area contributed by atoms with Gasteiger partial charge < -0.3 is 5.32 Å². The van der Waals surface area contributed by atoms with Crippen molar-refractivity contribution in [3.8, 4) is 0 Å². The molecule has 0 amide bonds. The van der Waals surface area contributed by atoms with Crippen LogP contribution < -0.4 is 5.32 Å². The van der Waals surface area contributed by atoms with E-state index in [1.54, 1.807) is 0 Å². The highest BCUT2D eigenvalue weighted by Gasteiger charge is 2.30. The van der Waals surface area contributed by atoms with Crippen LogP contribution in [0, 0.1) is 5.41 Å². The zero-order valence-electron chi connectivity index (χ0n) is 11.1. The fourth-order valence-electron chi connectivity index (χ4n) is 2.90. The smallest absolute Gasteiger partial charge is 0.0211 e. The Morgan fingerprint density at radius 1 is 1.06 bits per heavy atom. The predicted molar refractivity (Wildman–Crippen MR) is 77.6 cm³/mol. The summed E-state index contributed by atoms with van der Waals surface area (Å²) in [5.41, 5.74) is 1.97. The molecule has 1 heteroatoms. The molecule has 0 radical (unpaired) electrons. The Kier molecular flexibility index (Phi) is 3.09. The standard InChI is InChI=1S/C17H21N/c1-17(10-5-11-17)13-18-12-15-8-4-7-14-6-2-3-9-16(14)15/h2-4,6-9,18H,5,10-13H2,1H3. The van der Waals surface area contributed by atoms with Crippen molar-refractivity contribution in [3.05, 3.63) is 48.0 Å². The average molecular weight is 239 g/mol. The van der Waals surface area contributed by atoms with Crippen molar-refractivity contribution < 1.29 is 0 Å². The highest BCUT2D eigenvalue weighted by molar-refractivity contribution is 5.85. The van der Waals surface area contributed by atoms with Crippen molar-refractivity contribution in [2.45, 2.75) is 32.7 Å². The molecule has 0 atom stereocenters. The molecule has 1 aliphatic carbocycles. The van der Waals surface area contributed by atoms with E-state index in [9.17, 15) is 0 Å². The van der Waals surface area contributed by atoms with Gasteiger partial charge in [0.2, 0.25) is 0 Å². The maximum absolute atomic E-state index is 3.64. The second kappa shape index (κ2) is 4.74. The number of hydrogen-bond donors (Lipinski definition) is 1. The molecular formula is C17H21N. The number of rotatable bonds is 4. The molecule has 94 valence electrons. The monoisotopic (exact) mass is 239 g/mol. The van der Waals surface area contributed by atoms with Crippen LogP contribution in [0.3, 0.4) is 0 Å². The molecule has 2 aromatic carbocycles. The van der Waals surface area contributed by atoms with Gasteiger partial charge in [-0.1, -0.05) is 55.8 Å². The number of benzene rings is 2. The minimum atomic E-state index is 0.560. The largest absolute Gasteiger partial charge is 0.312 e. The van der Waals surface area contributed by atoms with Crippen molar-refractivity contribution in [2.75, 3.05) is 6.54 Å². The van der Waals surface area contributed by atoms with Crippen LogP contribution >= 0.6 is 0 Å². The van der Waals surface area contributed by atoms with Gasteiger partial charge in [0.15, 0.2) is 0 Å².